The van der Waals surface area contributed by atoms with Gasteiger partial charge in [-0.25, -0.2) is 0 Å². The molecule has 0 saturated carbocycles. The Balaban J connectivity index is 2.04. The maximum Gasteiger partial charge on any atom is 0.166 e. The van der Waals surface area contributed by atoms with Crippen molar-refractivity contribution in [1.82, 2.24) is 0 Å². The number of ether oxygens (including phenoxy) is 2. The summed E-state index contributed by atoms with van der Waals surface area (Å²) >= 11 is 0. The molecule has 2 fully saturated rings. The Labute approximate surface area is 168 Å². The van der Waals surface area contributed by atoms with Crippen LogP contribution in [0.15, 0.2) is 30.8 Å². The SMILES string of the molecule is C=Cc1ccc(C(C2OC(CO)CC(=O)C2O)C2OC(CO)CC(=O)C2O)cc1. The van der Waals surface area contributed by atoms with Gasteiger partial charge < -0.3 is 29.9 Å². The van der Waals surface area contributed by atoms with Gasteiger partial charge in [0, 0.05) is 18.8 Å². The lowest BCUT2D eigenvalue weighted by Crippen LogP contribution is -2.57. The topological polar surface area (TPSA) is 134 Å². The van der Waals surface area contributed by atoms with Gasteiger partial charge in [-0.1, -0.05) is 36.9 Å². The zero-order valence-electron chi connectivity index (χ0n) is 15.9. The molecule has 29 heavy (non-hydrogen) atoms. The van der Waals surface area contributed by atoms with Crippen LogP contribution in [0.1, 0.15) is 29.9 Å². The molecular weight excluding hydrogens is 380 g/mol. The molecule has 158 valence electrons. The zero-order valence-corrected chi connectivity index (χ0v) is 15.9. The number of aliphatic hydroxyl groups excluding tert-OH is 4. The molecule has 0 aliphatic carbocycles. The third-order valence-electron chi connectivity index (χ3n) is 5.51. The molecule has 8 heteroatoms. The summed E-state index contributed by atoms with van der Waals surface area (Å²) in [7, 11) is 0. The lowest BCUT2D eigenvalue weighted by molar-refractivity contribution is -0.193. The second-order valence-corrected chi connectivity index (χ2v) is 7.44. The van der Waals surface area contributed by atoms with Crippen LogP contribution < -0.4 is 0 Å². The molecule has 2 aliphatic rings. The summed E-state index contributed by atoms with van der Waals surface area (Å²) in [6.45, 7) is 2.87. The molecule has 3 rings (SSSR count). The number of benzene rings is 1. The van der Waals surface area contributed by atoms with E-state index < -0.39 is 67.3 Å². The Hall–Kier alpha value is -1.94. The van der Waals surface area contributed by atoms with E-state index in [-0.39, 0.29) is 12.8 Å². The van der Waals surface area contributed by atoms with Crippen LogP contribution in [0.2, 0.25) is 0 Å². The summed E-state index contributed by atoms with van der Waals surface area (Å²) in [5.74, 6) is -1.89. The highest BCUT2D eigenvalue weighted by Crippen LogP contribution is 2.38. The van der Waals surface area contributed by atoms with E-state index >= 15 is 0 Å². The Morgan fingerprint density at radius 1 is 0.931 bits per heavy atom. The highest BCUT2D eigenvalue weighted by molar-refractivity contribution is 5.86. The van der Waals surface area contributed by atoms with Gasteiger partial charge in [0.25, 0.3) is 0 Å². The number of Topliss-reactive ketones (excluding diaryl/α,β-unsaturated/α-hetero) is 2. The Kier molecular flexibility index (Phi) is 6.94. The van der Waals surface area contributed by atoms with Crippen LogP contribution in [-0.4, -0.2) is 81.8 Å². The van der Waals surface area contributed by atoms with Gasteiger partial charge >= 0.3 is 0 Å². The minimum Gasteiger partial charge on any atom is -0.394 e. The van der Waals surface area contributed by atoms with Gasteiger partial charge in [0.1, 0.15) is 24.4 Å². The fourth-order valence-electron chi connectivity index (χ4n) is 3.94. The number of carbonyl (C=O) groups is 2. The van der Waals surface area contributed by atoms with Crippen LogP contribution in [0.3, 0.4) is 0 Å². The second-order valence-electron chi connectivity index (χ2n) is 7.44. The third-order valence-corrected chi connectivity index (χ3v) is 5.51. The zero-order chi connectivity index (χ0) is 21.1. The summed E-state index contributed by atoms with van der Waals surface area (Å²) in [5.41, 5.74) is 1.40. The second kappa shape index (κ2) is 9.25. The van der Waals surface area contributed by atoms with Crippen molar-refractivity contribution in [3.8, 4) is 0 Å². The van der Waals surface area contributed by atoms with Gasteiger partial charge in [-0.15, -0.1) is 0 Å². The predicted molar refractivity (Wildman–Crippen MR) is 102 cm³/mol. The van der Waals surface area contributed by atoms with Crippen molar-refractivity contribution in [3.63, 3.8) is 0 Å². The highest BCUT2D eigenvalue weighted by Gasteiger charge is 2.49. The minimum atomic E-state index is -1.51. The average molecular weight is 406 g/mol. The Bertz CT molecular complexity index is 708. The lowest BCUT2D eigenvalue weighted by Gasteiger charge is -2.43. The number of rotatable bonds is 6. The summed E-state index contributed by atoms with van der Waals surface area (Å²) in [6.07, 6.45) is -5.56. The number of carbonyl (C=O) groups excluding carboxylic acids is 2. The van der Waals surface area contributed by atoms with Crippen molar-refractivity contribution in [3.05, 3.63) is 42.0 Å². The molecule has 6 atom stereocenters. The van der Waals surface area contributed by atoms with Gasteiger partial charge in [-0.05, 0) is 11.1 Å². The van der Waals surface area contributed by atoms with E-state index in [4.69, 9.17) is 9.47 Å². The summed E-state index contributed by atoms with van der Waals surface area (Å²) in [4.78, 5) is 24.6. The molecule has 1 aromatic carbocycles. The first-order valence-corrected chi connectivity index (χ1v) is 9.56. The fraction of sp³-hybridized carbons (Fsp3) is 0.524. The Morgan fingerprint density at radius 3 is 1.76 bits per heavy atom. The van der Waals surface area contributed by atoms with Crippen LogP contribution in [0, 0.1) is 0 Å². The fourth-order valence-corrected chi connectivity index (χ4v) is 3.94. The minimum absolute atomic E-state index is 0.136. The molecule has 2 aliphatic heterocycles. The molecule has 0 radical (unpaired) electrons. The maximum absolute atomic E-state index is 12.3. The van der Waals surface area contributed by atoms with Crippen LogP contribution in [0.5, 0.6) is 0 Å². The van der Waals surface area contributed by atoms with Crippen LogP contribution >= 0.6 is 0 Å². The smallest absolute Gasteiger partial charge is 0.166 e. The van der Waals surface area contributed by atoms with E-state index in [0.29, 0.717) is 5.56 Å². The van der Waals surface area contributed by atoms with Crippen molar-refractivity contribution < 1.29 is 39.5 Å². The Morgan fingerprint density at radius 2 is 1.38 bits per heavy atom. The van der Waals surface area contributed by atoms with Gasteiger partial charge in [0.05, 0.1) is 25.4 Å². The number of aliphatic hydroxyl groups is 4. The van der Waals surface area contributed by atoms with Gasteiger partial charge in [-0.3, -0.25) is 9.59 Å². The number of ketones is 2. The van der Waals surface area contributed by atoms with Gasteiger partial charge in [0.2, 0.25) is 0 Å². The van der Waals surface area contributed by atoms with Crippen molar-refractivity contribution in [2.24, 2.45) is 0 Å². The van der Waals surface area contributed by atoms with Gasteiger partial charge in [0.15, 0.2) is 11.6 Å². The third kappa shape index (κ3) is 4.48. The predicted octanol–water partition coefficient (Wildman–Crippen LogP) is -0.427. The van der Waals surface area contributed by atoms with E-state index in [0.717, 1.165) is 5.56 Å². The monoisotopic (exact) mass is 406 g/mol. The van der Waals surface area contributed by atoms with E-state index in [1.807, 2.05) is 0 Å². The van der Waals surface area contributed by atoms with Crippen molar-refractivity contribution in [2.75, 3.05) is 13.2 Å². The van der Waals surface area contributed by atoms with Crippen LogP contribution in [-0.2, 0) is 19.1 Å². The van der Waals surface area contributed by atoms with Crippen LogP contribution in [0.4, 0.5) is 0 Å². The van der Waals surface area contributed by atoms with Gasteiger partial charge in [-0.2, -0.15) is 0 Å². The highest BCUT2D eigenvalue weighted by atomic mass is 16.5. The molecule has 0 amide bonds. The standard InChI is InChI=1S/C21H26O8/c1-2-11-3-5-12(6-4-11)17(20-18(26)15(24)7-13(9-22)28-20)21-19(27)16(25)8-14(10-23)29-21/h2-6,13-14,17-23,26-27H,1,7-10H2. The molecule has 8 nitrogen and oxygen atoms in total. The first-order valence-electron chi connectivity index (χ1n) is 9.56. The summed E-state index contributed by atoms with van der Waals surface area (Å²) in [5, 5.41) is 40.1. The van der Waals surface area contributed by atoms with Crippen molar-refractivity contribution >= 4 is 17.6 Å². The molecule has 0 spiro atoms. The van der Waals surface area contributed by atoms with E-state index in [2.05, 4.69) is 6.58 Å². The summed E-state index contributed by atoms with van der Waals surface area (Å²) in [6, 6.07) is 6.95. The molecular formula is C21H26O8. The maximum atomic E-state index is 12.3. The molecule has 0 aromatic heterocycles. The largest absolute Gasteiger partial charge is 0.394 e. The van der Waals surface area contributed by atoms with Crippen molar-refractivity contribution in [2.45, 2.75) is 55.4 Å². The van der Waals surface area contributed by atoms with E-state index in [1.165, 1.54) is 0 Å². The van der Waals surface area contributed by atoms with E-state index in [9.17, 15) is 30.0 Å². The molecule has 2 saturated heterocycles. The molecule has 1 aromatic rings. The van der Waals surface area contributed by atoms with Crippen LogP contribution in [0.25, 0.3) is 6.08 Å². The average Bonchev–Trinajstić information content (AvgIpc) is 2.74. The molecule has 4 N–H and O–H groups in total. The molecule has 6 unspecified atom stereocenters. The van der Waals surface area contributed by atoms with E-state index in [1.54, 1.807) is 30.3 Å². The molecule has 2 heterocycles. The normalized spacial score (nSPS) is 34.1. The first-order chi connectivity index (χ1) is 13.9. The number of hydrogen-bond acceptors (Lipinski definition) is 8. The first kappa shape index (κ1) is 21.8. The quantitative estimate of drug-likeness (QED) is 0.500. The number of hydrogen-bond donors (Lipinski definition) is 4. The van der Waals surface area contributed by atoms with Crippen molar-refractivity contribution in [1.29, 1.82) is 0 Å². The lowest BCUT2D eigenvalue weighted by atomic mass is 9.78. The molecule has 0 bridgehead atoms. The summed E-state index contributed by atoms with van der Waals surface area (Å²) < 4.78 is 11.6.